The third-order valence-electron chi connectivity index (χ3n) is 4.89. The molecule has 4 nitrogen and oxygen atoms in total. The highest BCUT2D eigenvalue weighted by molar-refractivity contribution is 6.37. The molecule has 0 aromatic heterocycles. The molecule has 0 aliphatic carbocycles. The van der Waals surface area contributed by atoms with Crippen molar-refractivity contribution in [2.45, 2.75) is 44.2 Å². The highest BCUT2D eigenvalue weighted by atomic mass is 35.5. The molecular weight excluding hydrogens is 385 g/mol. The number of nitrogens with zero attached hydrogens (tertiary/aromatic N) is 1. The zero-order chi connectivity index (χ0) is 20.0. The molecule has 1 heterocycles. The van der Waals surface area contributed by atoms with Crippen molar-refractivity contribution in [1.82, 2.24) is 4.90 Å². The van der Waals surface area contributed by atoms with Crippen molar-refractivity contribution in [3.8, 4) is 0 Å². The van der Waals surface area contributed by atoms with Gasteiger partial charge in [0, 0.05) is 11.8 Å². The molecule has 0 radical (unpaired) electrons. The van der Waals surface area contributed by atoms with Gasteiger partial charge in [0.2, 0.25) is 0 Å². The van der Waals surface area contributed by atoms with Crippen LogP contribution in [0.3, 0.4) is 0 Å². The van der Waals surface area contributed by atoms with Gasteiger partial charge in [-0.1, -0.05) is 42.5 Å². The van der Waals surface area contributed by atoms with Gasteiger partial charge in [0.1, 0.15) is 10.5 Å². The smallest absolute Gasteiger partial charge is 0.417 e. The molecule has 0 unspecified atom stereocenters. The van der Waals surface area contributed by atoms with E-state index in [0.717, 1.165) is 21.2 Å². The number of rotatable bonds is 2. The van der Waals surface area contributed by atoms with Crippen LogP contribution >= 0.6 is 23.2 Å². The van der Waals surface area contributed by atoms with Crippen LogP contribution in [0.4, 0.5) is 4.79 Å². The molecule has 2 aromatic carbocycles. The van der Waals surface area contributed by atoms with Crippen LogP contribution in [0, 0.1) is 5.92 Å². The number of fused-ring (bicyclic) bond motifs is 1. The number of ether oxygens (including phenoxy) is 1. The normalized spacial score (nSPS) is 25.9. The van der Waals surface area contributed by atoms with Gasteiger partial charge in [-0.3, -0.25) is 4.79 Å². The number of hydrogen-bond donors (Lipinski definition) is 0. The molecule has 0 saturated carbocycles. The Morgan fingerprint density at radius 3 is 2.44 bits per heavy atom. The van der Waals surface area contributed by atoms with Crippen LogP contribution in [-0.2, 0) is 9.53 Å². The molecule has 1 aliphatic heterocycles. The van der Waals surface area contributed by atoms with Crippen molar-refractivity contribution in [1.29, 1.82) is 0 Å². The average Bonchev–Trinajstić information content (AvgIpc) is 2.79. The fourth-order valence-electron chi connectivity index (χ4n) is 3.60. The number of halogens is 2. The first-order chi connectivity index (χ1) is 12.6. The molecule has 27 heavy (non-hydrogen) atoms. The second-order valence-corrected chi connectivity index (χ2v) is 9.10. The van der Waals surface area contributed by atoms with Crippen molar-refractivity contribution in [2.24, 2.45) is 5.92 Å². The van der Waals surface area contributed by atoms with E-state index in [9.17, 15) is 9.59 Å². The third kappa shape index (κ3) is 3.53. The molecule has 0 N–H and O–H groups in total. The Morgan fingerprint density at radius 1 is 1.19 bits per heavy atom. The number of benzene rings is 2. The maximum atomic E-state index is 13.1. The average molecular weight is 408 g/mol. The highest BCUT2D eigenvalue weighted by Gasteiger charge is 2.58. The fraction of sp³-hybridized carbons (Fsp3) is 0.429. The monoisotopic (exact) mass is 407 g/mol. The number of carbonyl (C=O) groups is 2. The summed E-state index contributed by atoms with van der Waals surface area (Å²) in [7, 11) is 0. The standard InChI is InChI=1S/C21H23Cl2NO3/c1-20(2,3)27-19(26)24-17(16(12-22)21(4,23)18(24)25)15-11-7-9-13-8-5-6-10-14(13)15/h5-11,16-17H,12H2,1-4H3/t16-,17-,21-/m0/s1. The second-order valence-electron chi connectivity index (χ2n) is 8.01. The van der Waals surface area contributed by atoms with Crippen molar-refractivity contribution >= 4 is 46.0 Å². The Labute approximate surface area is 169 Å². The van der Waals surface area contributed by atoms with Gasteiger partial charge in [-0.25, -0.2) is 9.69 Å². The second kappa shape index (κ2) is 6.99. The van der Waals surface area contributed by atoms with E-state index in [4.69, 9.17) is 27.9 Å². The summed E-state index contributed by atoms with van der Waals surface area (Å²) in [6.07, 6.45) is -0.704. The highest BCUT2D eigenvalue weighted by Crippen LogP contribution is 2.49. The molecule has 2 amide bonds. The van der Waals surface area contributed by atoms with Gasteiger partial charge in [-0.2, -0.15) is 0 Å². The van der Waals surface area contributed by atoms with Gasteiger partial charge in [0.05, 0.1) is 6.04 Å². The lowest BCUT2D eigenvalue weighted by atomic mass is 9.86. The van der Waals surface area contributed by atoms with Gasteiger partial charge >= 0.3 is 6.09 Å². The van der Waals surface area contributed by atoms with Crippen molar-refractivity contribution in [3.05, 3.63) is 48.0 Å². The number of alkyl halides is 2. The van der Waals surface area contributed by atoms with E-state index in [1.165, 1.54) is 0 Å². The first-order valence-electron chi connectivity index (χ1n) is 8.87. The van der Waals surface area contributed by atoms with E-state index >= 15 is 0 Å². The maximum absolute atomic E-state index is 13.1. The van der Waals surface area contributed by atoms with Crippen LogP contribution in [0.5, 0.6) is 0 Å². The summed E-state index contributed by atoms with van der Waals surface area (Å²) in [5.74, 6) is -0.799. The predicted octanol–water partition coefficient (Wildman–Crippen LogP) is 5.51. The van der Waals surface area contributed by atoms with E-state index < -0.39 is 34.4 Å². The molecule has 1 saturated heterocycles. The molecule has 3 rings (SSSR count). The Balaban J connectivity index is 2.18. The molecule has 6 heteroatoms. The van der Waals surface area contributed by atoms with Crippen molar-refractivity contribution in [3.63, 3.8) is 0 Å². The van der Waals surface area contributed by atoms with E-state index in [-0.39, 0.29) is 5.88 Å². The van der Waals surface area contributed by atoms with Crippen LogP contribution in [0.1, 0.15) is 39.3 Å². The predicted molar refractivity (Wildman–Crippen MR) is 108 cm³/mol. The lowest BCUT2D eigenvalue weighted by Crippen LogP contribution is -2.42. The summed E-state index contributed by atoms with van der Waals surface area (Å²) in [5, 5.41) is 1.97. The van der Waals surface area contributed by atoms with Crippen LogP contribution in [0.15, 0.2) is 42.5 Å². The largest absolute Gasteiger partial charge is 0.443 e. The molecule has 1 fully saturated rings. The van der Waals surface area contributed by atoms with E-state index in [1.807, 2.05) is 42.5 Å². The van der Waals surface area contributed by atoms with Gasteiger partial charge < -0.3 is 4.74 Å². The Kier molecular flexibility index (Phi) is 5.17. The lowest BCUT2D eigenvalue weighted by Gasteiger charge is -2.30. The number of amides is 2. The Morgan fingerprint density at radius 2 is 1.81 bits per heavy atom. The van der Waals surface area contributed by atoms with Crippen molar-refractivity contribution < 1.29 is 14.3 Å². The Hall–Kier alpha value is -1.78. The van der Waals surface area contributed by atoms with Crippen LogP contribution in [-0.4, -0.2) is 33.3 Å². The number of hydrogen-bond acceptors (Lipinski definition) is 3. The number of imide groups is 1. The quantitative estimate of drug-likeness (QED) is 0.616. The molecule has 0 bridgehead atoms. The topological polar surface area (TPSA) is 46.6 Å². The fourth-order valence-corrected chi connectivity index (χ4v) is 4.44. The minimum Gasteiger partial charge on any atom is -0.443 e. The minimum atomic E-state index is -1.29. The molecule has 1 aliphatic rings. The molecule has 2 aromatic rings. The first kappa shape index (κ1) is 20.0. The van der Waals surface area contributed by atoms with Crippen LogP contribution < -0.4 is 0 Å². The van der Waals surface area contributed by atoms with Gasteiger partial charge in [0.15, 0.2) is 0 Å². The summed E-state index contributed by atoms with van der Waals surface area (Å²) in [6, 6.07) is 13.0. The summed E-state index contributed by atoms with van der Waals surface area (Å²) in [5.41, 5.74) is 0.102. The van der Waals surface area contributed by atoms with E-state index in [2.05, 4.69) is 0 Å². The lowest BCUT2D eigenvalue weighted by molar-refractivity contribution is -0.130. The summed E-state index contributed by atoms with van der Waals surface area (Å²) in [6.45, 7) is 6.90. The minimum absolute atomic E-state index is 0.138. The molecule has 0 spiro atoms. The van der Waals surface area contributed by atoms with Crippen LogP contribution in [0.2, 0.25) is 0 Å². The summed E-state index contributed by atoms with van der Waals surface area (Å²) in [4.78, 5) is 25.9. The SMILES string of the molecule is CC(C)(C)OC(=O)N1C(=O)[C@@](C)(Cl)[C@@H](CCl)[C@@H]1c1cccc2ccccc12. The molecule has 144 valence electrons. The van der Waals surface area contributed by atoms with Gasteiger partial charge in [-0.05, 0) is 44.0 Å². The zero-order valence-electron chi connectivity index (χ0n) is 15.8. The zero-order valence-corrected chi connectivity index (χ0v) is 17.3. The van der Waals surface area contributed by atoms with E-state index in [0.29, 0.717) is 0 Å². The van der Waals surface area contributed by atoms with Crippen molar-refractivity contribution in [2.75, 3.05) is 5.88 Å². The summed E-state index contributed by atoms with van der Waals surface area (Å²) >= 11 is 12.8. The first-order valence-corrected chi connectivity index (χ1v) is 9.78. The maximum Gasteiger partial charge on any atom is 0.417 e. The van der Waals surface area contributed by atoms with Gasteiger partial charge in [-0.15, -0.1) is 23.2 Å². The Bertz CT molecular complexity index is 883. The molecule has 3 atom stereocenters. The van der Waals surface area contributed by atoms with Crippen LogP contribution in [0.25, 0.3) is 10.8 Å². The van der Waals surface area contributed by atoms with Gasteiger partial charge in [0.25, 0.3) is 5.91 Å². The third-order valence-corrected chi connectivity index (χ3v) is 5.67. The number of likely N-dealkylation sites (tertiary alicyclic amines) is 1. The number of carbonyl (C=O) groups excluding carboxylic acids is 2. The van der Waals surface area contributed by atoms with E-state index in [1.54, 1.807) is 27.7 Å². The molecular formula is C21H23Cl2NO3. The summed E-state index contributed by atoms with van der Waals surface area (Å²) < 4.78 is 5.51.